The van der Waals surface area contributed by atoms with Gasteiger partial charge in [-0.2, -0.15) is 11.8 Å². The highest BCUT2D eigenvalue weighted by molar-refractivity contribution is 7.98. The number of amides is 2. The van der Waals surface area contributed by atoms with Crippen molar-refractivity contribution in [3.05, 3.63) is 112 Å². The largest absolute Gasteiger partial charge is 0.481 e. The van der Waals surface area contributed by atoms with Crippen LogP contribution in [0, 0.1) is 6.92 Å². The lowest BCUT2D eigenvalue weighted by Crippen LogP contribution is -2.29. The summed E-state index contributed by atoms with van der Waals surface area (Å²) in [6, 6.07) is 22.3. The van der Waals surface area contributed by atoms with E-state index >= 15 is 0 Å². The van der Waals surface area contributed by atoms with Crippen molar-refractivity contribution in [2.45, 2.75) is 44.9 Å². The molecule has 0 unspecified atom stereocenters. The molecule has 3 aromatic carbocycles. The molecule has 0 saturated carbocycles. The summed E-state index contributed by atoms with van der Waals surface area (Å²) < 4.78 is 0. The van der Waals surface area contributed by atoms with Crippen molar-refractivity contribution in [3.63, 3.8) is 0 Å². The molecule has 2 heterocycles. The second-order valence-corrected chi connectivity index (χ2v) is 12.9. The number of carbonyl (C=O) groups is 3. The summed E-state index contributed by atoms with van der Waals surface area (Å²) in [7, 11) is 0. The fourth-order valence-electron chi connectivity index (χ4n) is 5.38. The summed E-state index contributed by atoms with van der Waals surface area (Å²) >= 11 is 7.68. The van der Waals surface area contributed by atoms with Gasteiger partial charge in [0.2, 0.25) is 0 Å². The van der Waals surface area contributed by atoms with Crippen LogP contribution in [0.5, 0.6) is 0 Å². The molecule has 46 heavy (non-hydrogen) atoms. The van der Waals surface area contributed by atoms with Gasteiger partial charge in [-0.25, -0.2) is 0 Å². The van der Waals surface area contributed by atoms with Crippen LogP contribution < -0.4 is 15.5 Å². The van der Waals surface area contributed by atoms with Gasteiger partial charge in [-0.3, -0.25) is 19.4 Å². The third-order valence-electron chi connectivity index (χ3n) is 7.94. The van der Waals surface area contributed by atoms with Crippen LogP contribution >= 0.6 is 23.4 Å². The average Bonchev–Trinajstić information content (AvgIpc) is 3.07. The predicted octanol–water partition coefficient (Wildman–Crippen LogP) is 7.59. The van der Waals surface area contributed by atoms with E-state index in [0.717, 1.165) is 53.9 Å². The SMILES string of the molecule is Cc1ccc(Cl)cc1CNC(=O)c1ccnc(-c2cc(N3CCCCC3)ccc2NC(=O)c2cccc(CSCCC(=O)O)c2)c1. The van der Waals surface area contributed by atoms with Crippen molar-refractivity contribution in [1.82, 2.24) is 10.3 Å². The summed E-state index contributed by atoms with van der Waals surface area (Å²) in [5.74, 6) is -0.215. The molecule has 4 aromatic rings. The van der Waals surface area contributed by atoms with Gasteiger partial charge in [0.25, 0.3) is 11.8 Å². The highest BCUT2D eigenvalue weighted by atomic mass is 35.5. The molecule has 2 amide bonds. The molecule has 0 spiro atoms. The van der Waals surface area contributed by atoms with Gasteiger partial charge in [-0.05, 0) is 97.5 Å². The van der Waals surface area contributed by atoms with E-state index in [-0.39, 0.29) is 18.2 Å². The molecule has 0 bridgehead atoms. The van der Waals surface area contributed by atoms with Gasteiger partial charge in [0.05, 0.1) is 17.8 Å². The zero-order chi connectivity index (χ0) is 32.5. The number of aryl methyl sites for hydroxylation is 1. The molecule has 1 fully saturated rings. The number of pyridine rings is 1. The molecule has 8 nitrogen and oxygen atoms in total. The molecular weight excluding hydrogens is 620 g/mol. The van der Waals surface area contributed by atoms with E-state index in [4.69, 9.17) is 16.7 Å². The van der Waals surface area contributed by atoms with Crippen molar-refractivity contribution in [2.24, 2.45) is 0 Å². The topological polar surface area (TPSA) is 112 Å². The fourth-order valence-corrected chi connectivity index (χ4v) is 6.45. The summed E-state index contributed by atoms with van der Waals surface area (Å²) in [5.41, 5.74) is 6.80. The molecular formula is C36H37ClN4O4S. The van der Waals surface area contributed by atoms with Crippen LogP contribution in [0.15, 0.2) is 79.0 Å². The van der Waals surface area contributed by atoms with E-state index in [1.807, 2.05) is 61.5 Å². The average molecular weight is 657 g/mol. The van der Waals surface area contributed by atoms with Gasteiger partial charge in [0.15, 0.2) is 0 Å². The van der Waals surface area contributed by atoms with Crippen LogP contribution in [0.3, 0.4) is 0 Å². The molecule has 0 radical (unpaired) electrons. The Kier molecular flexibility index (Phi) is 11.3. The Morgan fingerprint density at radius 1 is 0.935 bits per heavy atom. The Morgan fingerprint density at radius 2 is 1.74 bits per heavy atom. The number of carboxylic acids is 1. The minimum Gasteiger partial charge on any atom is -0.481 e. The first-order valence-corrected chi connectivity index (χ1v) is 16.9. The van der Waals surface area contributed by atoms with E-state index in [1.165, 1.54) is 18.2 Å². The minimum atomic E-state index is -0.823. The Bertz CT molecular complexity index is 1720. The number of benzene rings is 3. The number of carboxylic acid groups (broad SMARTS) is 1. The molecule has 0 aliphatic carbocycles. The second-order valence-electron chi connectivity index (χ2n) is 11.3. The lowest BCUT2D eigenvalue weighted by molar-refractivity contribution is -0.136. The van der Waals surface area contributed by atoms with Gasteiger partial charge in [-0.1, -0.05) is 29.8 Å². The number of hydrogen-bond acceptors (Lipinski definition) is 6. The molecule has 238 valence electrons. The molecule has 5 rings (SSSR count). The van der Waals surface area contributed by atoms with Crippen molar-refractivity contribution < 1.29 is 19.5 Å². The minimum absolute atomic E-state index is 0.0967. The zero-order valence-corrected chi connectivity index (χ0v) is 27.3. The first-order chi connectivity index (χ1) is 22.3. The number of aliphatic carboxylic acids is 1. The highest BCUT2D eigenvalue weighted by Crippen LogP contribution is 2.33. The fraction of sp³-hybridized carbons (Fsp3) is 0.278. The van der Waals surface area contributed by atoms with Crippen molar-refractivity contribution in [3.8, 4) is 11.3 Å². The molecule has 3 N–H and O–H groups in total. The number of halogens is 1. The van der Waals surface area contributed by atoms with Crippen LogP contribution in [-0.4, -0.2) is 46.7 Å². The van der Waals surface area contributed by atoms with Crippen LogP contribution in [0.25, 0.3) is 11.3 Å². The Balaban J connectivity index is 1.38. The molecule has 0 atom stereocenters. The Hall–Kier alpha value is -4.34. The van der Waals surface area contributed by atoms with Crippen LogP contribution in [-0.2, 0) is 17.1 Å². The van der Waals surface area contributed by atoms with Gasteiger partial charge >= 0.3 is 5.97 Å². The predicted molar refractivity (Wildman–Crippen MR) is 186 cm³/mol. The third kappa shape index (κ3) is 8.89. The number of nitrogens with one attached hydrogen (secondary N) is 2. The maximum absolute atomic E-state index is 13.5. The highest BCUT2D eigenvalue weighted by Gasteiger charge is 2.18. The lowest BCUT2D eigenvalue weighted by Gasteiger charge is -2.29. The van der Waals surface area contributed by atoms with Gasteiger partial charge in [0, 0.05) is 64.7 Å². The van der Waals surface area contributed by atoms with Crippen LogP contribution in [0.2, 0.25) is 5.02 Å². The number of anilines is 2. The molecule has 1 aromatic heterocycles. The quantitative estimate of drug-likeness (QED) is 0.135. The molecule has 1 saturated heterocycles. The summed E-state index contributed by atoms with van der Waals surface area (Å²) in [4.78, 5) is 44.5. The summed E-state index contributed by atoms with van der Waals surface area (Å²) in [5, 5.41) is 15.6. The van der Waals surface area contributed by atoms with Gasteiger partial charge in [-0.15, -0.1) is 0 Å². The van der Waals surface area contributed by atoms with E-state index < -0.39 is 5.97 Å². The van der Waals surface area contributed by atoms with E-state index in [9.17, 15) is 14.4 Å². The van der Waals surface area contributed by atoms with Crippen molar-refractivity contribution in [1.29, 1.82) is 0 Å². The summed E-state index contributed by atoms with van der Waals surface area (Å²) in [6.07, 6.45) is 5.17. The number of piperidine rings is 1. The maximum Gasteiger partial charge on any atom is 0.304 e. The van der Waals surface area contributed by atoms with Crippen molar-refractivity contribution in [2.75, 3.05) is 29.1 Å². The monoisotopic (exact) mass is 656 g/mol. The van der Waals surface area contributed by atoms with Crippen molar-refractivity contribution >= 4 is 52.5 Å². The Morgan fingerprint density at radius 3 is 2.54 bits per heavy atom. The smallest absolute Gasteiger partial charge is 0.304 e. The van der Waals surface area contributed by atoms with E-state index in [1.54, 1.807) is 24.4 Å². The second kappa shape index (κ2) is 15.8. The van der Waals surface area contributed by atoms with E-state index in [0.29, 0.717) is 45.6 Å². The number of thioether (sulfide) groups is 1. The lowest BCUT2D eigenvalue weighted by atomic mass is 10.0. The summed E-state index contributed by atoms with van der Waals surface area (Å²) in [6.45, 7) is 4.24. The number of hydrogen-bond donors (Lipinski definition) is 3. The van der Waals surface area contributed by atoms with E-state index in [2.05, 4.69) is 20.5 Å². The number of aromatic nitrogens is 1. The molecule has 1 aliphatic rings. The molecule has 1 aliphatic heterocycles. The molecule has 10 heteroatoms. The zero-order valence-electron chi connectivity index (χ0n) is 25.7. The first kappa shape index (κ1) is 33.0. The Labute approximate surface area is 278 Å². The van der Waals surface area contributed by atoms with Crippen LogP contribution in [0.1, 0.15) is 63.1 Å². The van der Waals surface area contributed by atoms with Crippen LogP contribution in [0.4, 0.5) is 11.4 Å². The van der Waals surface area contributed by atoms with Gasteiger partial charge < -0.3 is 20.6 Å². The maximum atomic E-state index is 13.5. The first-order valence-electron chi connectivity index (χ1n) is 15.4. The van der Waals surface area contributed by atoms with Gasteiger partial charge in [0.1, 0.15) is 0 Å². The standard InChI is InChI=1S/C36H37ClN4O4S/c1-24-8-9-29(37)19-28(24)22-39-35(44)27-12-14-38-33(20-27)31-21-30(41-15-3-2-4-16-41)10-11-32(31)40-36(45)26-7-5-6-25(18-26)23-46-17-13-34(42)43/h5-12,14,18-21H,2-4,13,15-17,22-23H2,1H3,(H,39,44)(H,40,45)(H,42,43). The normalized spacial score (nSPS) is 12.9. The number of carbonyl (C=O) groups excluding carboxylic acids is 2. The third-order valence-corrected chi connectivity index (χ3v) is 9.20. The number of rotatable bonds is 12. The number of nitrogens with zero attached hydrogens (tertiary/aromatic N) is 2.